The Morgan fingerprint density at radius 3 is 2.82 bits per heavy atom. The molecule has 1 aliphatic rings. The molecule has 4 atom stereocenters. The van der Waals surface area contributed by atoms with Crippen molar-refractivity contribution in [1.29, 1.82) is 0 Å². The molecule has 2 N–H and O–H groups in total. The fourth-order valence-corrected chi connectivity index (χ4v) is 1.17. The number of alkyl halides is 1. The number of aliphatic hydroxyl groups is 2. The van der Waals surface area contributed by atoms with E-state index in [2.05, 4.69) is 0 Å². The van der Waals surface area contributed by atoms with Gasteiger partial charge in [-0.1, -0.05) is 6.92 Å². The van der Waals surface area contributed by atoms with E-state index in [1.807, 2.05) is 0 Å². The van der Waals surface area contributed by atoms with Crippen LogP contribution in [0.3, 0.4) is 0 Å². The largest absolute Gasteiger partial charge is 0.394 e. The zero-order chi connectivity index (χ0) is 8.43. The Morgan fingerprint density at radius 2 is 2.27 bits per heavy atom. The van der Waals surface area contributed by atoms with Crippen LogP contribution in [0.5, 0.6) is 0 Å². The number of halogens is 1. The molecule has 0 amide bonds. The first-order valence-corrected chi connectivity index (χ1v) is 3.71. The summed E-state index contributed by atoms with van der Waals surface area (Å²) in [5.74, 6) is -0.284. The highest BCUT2D eigenvalue weighted by Crippen LogP contribution is 2.22. The van der Waals surface area contributed by atoms with Gasteiger partial charge in [-0.05, 0) is 0 Å². The lowest BCUT2D eigenvalue weighted by Gasteiger charge is -2.33. The van der Waals surface area contributed by atoms with Crippen LogP contribution in [-0.4, -0.2) is 41.8 Å². The van der Waals surface area contributed by atoms with Crippen LogP contribution in [0.25, 0.3) is 0 Å². The van der Waals surface area contributed by atoms with Crippen molar-refractivity contribution in [3.8, 4) is 0 Å². The first-order valence-electron chi connectivity index (χ1n) is 3.71. The van der Waals surface area contributed by atoms with E-state index in [1.165, 1.54) is 0 Å². The minimum absolute atomic E-state index is 0.267. The summed E-state index contributed by atoms with van der Waals surface area (Å²) in [5.41, 5.74) is 0. The fraction of sp³-hybridized carbons (Fsp3) is 1.00. The van der Waals surface area contributed by atoms with Crippen LogP contribution < -0.4 is 0 Å². The highest BCUT2D eigenvalue weighted by atomic mass is 19.1. The van der Waals surface area contributed by atoms with Crippen molar-refractivity contribution >= 4 is 0 Å². The maximum atomic E-state index is 13.0. The standard InChI is InChI=1S/C7H13FO3/c1-4-3-11-5(2-9)7(10)6(4)8/h4-7,9-10H,2-3H2,1H3/t4-,5-,6-,7?/m1/s1. The van der Waals surface area contributed by atoms with Crippen LogP contribution in [0.2, 0.25) is 0 Å². The summed E-state index contributed by atoms with van der Waals surface area (Å²) in [6, 6.07) is 0. The Bertz CT molecular complexity index is 129. The summed E-state index contributed by atoms with van der Waals surface area (Å²) >= 11 is 0. The summed E-state index contributed by atoms with van der Waals surface area (Å²) in [6.07, 6.45) is -3.20. The van der Waals surface area contributed by atoms with Crippen LogP contribution in [0.1, 0.15) is 6.92 Å². The van der Waals surface area contributed by atoms with Gasteiger partial charge in [-0.2, -0.15) is 0 Å². The molecule has 1 unspecified atom stereocenters. The Morgan fingerprint density at radius 1 is 1.64 bits per heavy atom. The molecule has 66 valence electrons. The van der Waals surface area contributed by atoms with Crippen molar-refractivity contribution in [2.45, 2.75) is 25.3 Å². The topological polar surface area (TPSA) is 49.7 Å². The van der Waals surface area contributed by atoms with Crippen molar-refractivity contribution in [3.05, 3.63) is 0 Å². The molecule has 1 saturated heterocycles. The number of rotatable bonds is 1. The van der Waals surface area contributed by atoms with Gasteiger partial charge in [0.1, 0.15) is 18.4 Å². The lowest BCUT2D eigenvalue weighted by atomic mass is 9.95. The second-order valence-corrected chi connectivity index (χ2v) is 2.97. The predicted molar refractivity (Wildman–Crippen MR) is 36.9 cm³/mol. The first-order chi connectivity index (χ1) is 5.16. The SMILES string of the molecule is C[C@@H]1CO[C@H](CO)C(O)[C@@H]1F. The van der Waals surface area contributed by atoms with Gasteiger partial charge in [0.05, 0.1) is 13.2 Å². The Balaban J connectivity index is 2.52. The molecule has 11 heavy (non-hydrogen) atoms. The minimum atomic E-state index is -1.28. The molecular weight excluding hydrogens is 151 g/mol. The van der Waals surface area contributed by atoms with E-state index in [9.17, 15) is 4.39 Å². The van der Waals surface area contributed by atoms with Gasteiger partial charge in [0.25, 0.3) is 0 Å². The molecule has 4 heteroatoms. The highest BCUT2D eigenvalue weighted by Gasteiger charge is 2.36. The Hall–Kier alpha value is -0.190. The van der Waals surface area contributed by atoms with Crippen LogP contribution in [0.4, 0.5) is 4.39 Å². The average Bonchev–Trinajstić information content (AvgIpc) is 2.01. The molecule has 0 aromatic carbocycles. The predicted octanol–water partition coefficient (Wildman–Crippen LogP) is -0.287. The number of hydrogen-bond acceptors (Lipinski definition) is 3. The lowest BCUT2D eigenvalue weighted by Crippen LogP contribution is -2.48. The van der Waals surface area contributed by atoms with Gasteiger partial charge in [-0.25, -0.2) is 4.39 Å². The second-order valence-electron chi connectivity index (χ2n) is 2.97. The summed E-state index contributed by atoms with van der Waals surface area (Å²) in [4.78, 5) is 0. The molecule has 1 fully saturated rings. The molecule has 0 radical (unpaired) electrons. The van der Waals surface area contributed by atoms with E-state index in [0.29, 0.717) is 0 Å². The van der Waals surface area contributed by atoms with Crippen molar-refractivity contribution in [1.82, 2.24) is 0 Å². The first kappa shape index (κ1) is 8.90. The van der Waals surface area contributed by atoms with Crippen LogP contribution in [0, 0.1) is 5.92 Å². The van der Waals surface area contributed by atoms with Crippen LogP contribution in [-0.2, 0) is 4.74 Å². The van der Waals surface area contributed by atoms with E-state index in [4.69, 9.17) is 14.9 Å². The molecule has 0 aliphatic carbocycles. The molecule has 3 nitrogen and oxygen atoms in total. The van der Waals surface area contributed by atoms with Crippen molar-refractivity contribution < 1.29 is 19.3 Å². The maximum absolute atomic E-state index is 13.0. The van der Waals surface area contributed by atoms with Crippen molar-refractivity contribution in [2.24, 2.45) is 5.92 Å². The van der Waals surface area contributed by atoms with Gasteiger partial charge in [0, 0.05) is 5.92 Å². The maximum Gasteiger partial charge on any atom is 0.133 e. The summed E-state index contributed by atoms with van der Waals surface area (Å²) < 4.78 is 17.9. The summed E-state index contributed by atoms with van der Waals surface area (Å²) in [6.45, 7) is 1.61. The smallest absolute Gasteiger partial charge is 0.133 e. The second kappa shape index (κ2) is 3.47. The molecule has 0 spiro atoms. The van der Waals surface area contributed by atoms with Crippen molar-refractivity contribution in [2.75, 3.05) is 13.2 Å². The van der Waals surface area contributed by atoms with Gasteiger partial charge in [0.2, 0.25) is 0 Å². The van der Waals surface area contributed by atoms with E-state index in [1.54, 1.807) is 6.92 Å². The number of hydrogen-bond donors (Lipinski definition) is 2. The molecular formula is C7H13FO3. The average molecular weight is 164 g/mol. The minimum Gasteiger partial charge on any atom is -0.394 e. The molecule has 0 bridgehead atoms. The normalized spacial score (nSPS) is 45.8. The number of aliphatic hydroxyl groups excluding tert-OH is 2. The van der Waals surface area contributed by atoms with Gasteiger partial charge in [-0.15, -0.1) is 0 Å². The zero-order valence-electron chi connectivity index (χ0n) is 6.40. The van der Waals surface area contributed by atoms with Crippen LogP contribution >= 0.6 is 0 Å². The summed E-state index contributed by atoms with van der Waals surface area (Å²) in [7, 11) is 0. The van der Waals surface area contributed by atoms with E-state index >= 15 is 0 Å². The molecule has 1 heterocycles. The van der Waals surface area contributed by atoms with E-state index in [0.717, 1.165) is 0 Å². The Kier molecular flexibility index (Phi) is 2.81. The molecule has 1 rings (SSSR count). The monoisotopic (exact) mass is 164 g/mol. The molecule has 0 aromatic heterocycles. The highest BCUT2D eigenvalue weighted by molar-refractivity contribution is 4.84. The van der Waals surface area contributed by atoms with Gasteiger partial charge >= 0.3 is 0 Å². The molecule has 1 aliphatic heterocycles. The van der Waals surface area contributed by atoms with Gasteiger partial charge < -0.3 is 14.9 Å². The number of ether oxygens (including phenoxy) is 1. The van der Waals surface area contributed by atoms with Gasteiger partial charge in [-0.3, -0.25) is 0 Å². The van der Waals surface area contributed by atoms with Gasteiger partial charge in [0.15, 0.2) is 0 Å². The van der Waals surface area contributed by atoms with Crippen molar-refractivity contribution in [3.63, 3.8) is 0 Å². The lowest BCUT2D eigenvalue weighted by molar-refractivity contribution is -0.149. The summed E-state index contributed by atoms with van der Waals surface area (Å²) in [5, 5.41) is 17.8. The van der Waals surface area contributed by atoms with E-state index < -0.39 is 18.4 Å². The third-order valence-corrected chi connectivity index (χ3v) is 2.00. The molecule has 0 saturated carbocycles. The van der Waals surface area contributed by atoms with Crippen LogP contribution in [0.15, 0.2) is 0 Å². The molecule has 0 aromatic rings. The third-order valence-electron chi connectivity index (χ3n) is 2.00. The van der Waals surface area contributed by atoms with E-state index in [-0.39, 0.29) is 19.1 Å². The fourth-order valence-electron chi connectivity index (χ4n) is 1.17. The Labute approximate surface area is 64.8 Å². The zero-order valence-corrected chi connectivity index (χ0v) is 6.40. The quantitative estimate of drug-likeness (QED) is 0.560. The third kappa shape index (κ3) is 1.69.